The maximum absolute atomic E-state index is 11.8. The van der Waals surface area contributed by atoms with Gasteiger partial charge in [0.25, 0.3) is 0 Å². The molecule has 2 aliphatic rings. The number of morpholine rings is 1. The Morgan fingerprint density at radius 3 is 2.87 bits per heavy atom. The van der Waals surface area contributed by atoms with Crippen LogP contribution in [0.25, 0.3) is 0 Å². The van der Waals surface area contributed by atoms with Crippen molar-refractivity contribution in [1.29, 1.82) is 0 Å². The number of carbonyl (C=O) groups excluding carboxylic acids is 1. The van der Waals surface area contributed by atoms with Gasteiger partial charge in [-0.3, -0.25) is 4.90 Å². The Bertz CT molecular complexity index is 269. The molecule has 84 valence electrons. The molecule has 0 aliphatic carbocycles. The lowest BCUT2D eigenvalue weighted by Crippen LogP contribution is -2.61. The second-order valence-corrected chi connectivity index (χ2v) is 4.40. The number of thioether (sulfide) groups is 1. The van der Waals surface area contributed by atoms with Crippen molar-refractivity contribution in [3.8, 4) is 0 Å². The van der Waals surface area contributed by atoms with E-state index in [2.05, 4.69) is 5.32 Å². The van der Waals surface area contributed by atoms with Crippen LogP contribution in [0.5, 0.6) is 0 Å². The molecule has 1 N–H and O–H groups in total. The third-order valence-electron chi connectivity index (χ3n) is 2.50. The largest absolute Gasteiger partial charge is 0.466 e. The zero-order valence-electron chi connectivity index (χ0n) is 8.56. The molecule has 0 amide bonds. The molecule has 5 nitrogen and oxygen atoms in total. The van der Waals surface area contributed by atoms with Gasteiger partial charge < -0.3 is 14.8 Å². The molecule has 0 bridgehead atoms. The summed E-state index contributed by atoms with van der Waals surface area (Å²) in [6, 6.07) is 0. The second-order valence-electron chi connectivity index (χ2n) is 3.30. The lowest BCUT2D eigenvalue weighted by molar-refractivity contribution is -0.152. The number of rotatable bonds is 2. The quantitative estimate of drug-likeness (QED) is 0.671. The van der Waals surface area contributed by atoms with Gasteiger partial charge >= 0.3 is 5.97 Å². The molecular weight excluding hydrogens is 216 g/mol. The van der Waals surface area contributed by atoms with E-state index < -0.39 is 4.99 Å². The van der Waals surface area contributed by atoms with Gasteiger partial charge in [0.1, 0.15) is 0 Å². The van der Waals surface area contributed by atoms with Crippen LogP contribution in [-0.2, 0) is 14.3 Å². The molecular formula is C9H14N2O3S. The lowest BCUT2D eigenvalue weighted by Gasteiger charge is -2.39. The smallest absolute Gasteiger partial charge is 0.358 e. The second kappa shape index (κ2) is 4.42. The summed E-state index contributed by atoms with van der Waals surface area (Å²) in [5, 5.41) is 4.94. The predicted octanol–water partition coefficient (Wildman–Crippen LogP) is -0.0470. The van der Waals surface area contributed by atoms with Gasteiger partial charge in [0.05, 0.1) is 20.3 Å². The van der Waals surface area contributed by atoms with Crippen molar-refractivity contribution in [2.24, 2.45) is 0 Å². The van der Waals surface area contributed by atoms with Gasteiger partial charge in [-0.05, 0) is 5.41 Å². The van der Waals surface area contributed by atoms with E-state index in [-0.39, 0.29) is 5.97 Å². The molecule has 2 aliphatic heterocycles. The first kappa shape index (κ1) is 10.8. The van der Waals surface area contributed by atoms with Crippen LogP contribution >= 0.6 is 11.8 Å². The maximum Gasteiger partial charge on any atom is 0.358 e. The van der Waals surface area contributed by atoms with Crippen molar-refractivity contribution in [1.82, 2.24) is 10.2 Å². The van der Waals surface area contributed by atoms with Gasteiger partial charge in [0.15, 0.2) is 0 Å². The molecule has 0 spiro atoms. The zero-order chi connectivity index (χ0) is 10.7. The van der Waals surface area contributed by atoms with Crippen LogP contribution < -0.4 is 5.32 Å². The van der Waals surface area contributed by atoms with Crippen LogP contribution in [0.3, 0.4) is 0 Å². The third kappa shape index (κ3) is 1.84. The van der Waals surface area contributed by atoms with Gasteiger partial charge in [0, 0.05) is 19.3 Å². The van der Waals surface area contributed by atoms with Gasteiger partial charge in [-0.2, -0.15) is 0 Å². The maximum atomic E-state index is 11.8. The van der Waals surface area contributed by atoms with Crippen molar-refractivity contribution in [3.05, 3.63) is 11.6 Å². The minimum Gasteiger partial charge on any atom is -0.466 e. The highest BCUT2D eigenvalue weighted by atomic mass is 32.2. The summed E-state index contributed by atoms with van der Waals surface area (Å²) in [5.74, 6) is -0.264. The van der Waals surface area contributed by atoms with Crippen molar-refractivity contribution >= 4 is 17.7 Å². The summed E-state index contributed by atoms with van der Waals surface area (Å²) < 4.78 is 10.1. The summed E-state index contributed by atoms with van der Waals surface area (Å²) >= 11 is 1.43. The molecule has 1 atom stereocenters. The molecule has 0 aromatic carbocycles. The summed E-state index contributed by atoms with van der Waals surface area (Å²) in [6.45, 7) is 2.77. The van der Waals surface area contributed by atoms with E-state index in [9.17, 15) is 4.79 Å². The van der Waals surface area contributed by atoms with Crippen molar-refractivity contribution in [3.63, 3.8) is 0 Å². The van der Waals surface area contributed by atoms with E-state index in [1.54, 1.807) is 6.20 Å². The fraction of sp³-hybridized carbons (Fsp3) is 0.667. The number of carbonyl (C=O) groups is 1. The SMILES string of the molecule is COC(=O)C1(N2CCOCC2)NC=CS1. The summed E-state index contributed by atoms with van der Waals surface area (Å²) in [7, 11) is 1.41. The number of methoxy groups -OCH3 is 1. The molecule has 6 heteroatoms. The van der Waals surface area contributed by atoms with E-state index in [0.717, 1.165) is 13.1 Å². The van der Waals surface area contributed by atoms with E-state index >= 15 is 0 Å². The lowest BCUT2D eigenvalue weighted by atomic mass is 10.3. The Kier molecular flexibility index (Phi) is 3.18. The number of hydrogen-bond donors (Lipinski definition) is 1. The molecule has 2 heterocycles. The molecule has 0 aromatic rings. The first-order valence-corrected chi connectivity index (χ1v) is 5.69. The van der Waals surface area contributed by atoms with Crippen molar-refractivity contribution in [2.75, 3.05) is 33.4 Å². The topological polar surface area (TPSA) is 50.8 Å². The number of esters is 1. The normalized spacial score (nSPS) is 31.3. The molecule has 1 saturated heterocycles. The Labute approximate surface area is 92.8 Å². The van der Waals surface area contributed by atoms with Gasteiger partial charge in [-0.1, -0.05) is 11.8 Å². The molecule has 15 heavy (non-hydrogen) atoms. The predicted molar refractivity (Wildman–Crippen MR) is 57.0 cm³/mol. The van der Waals surface area contributed by atoms with Crippen LogP contribution in [0, 0.1) is 0 Å². The van der Waals surface area contributed by atoms with Gasteiger partial charge in [-0.25, -0.2) is 4.79 Å². The van der Waals surface area contributed by atoms with E-state index in [0.29, 0.717) is 13.2 Å². The molecule has 0 saturated carbocycles. The standard InChI is InChI=1S/C9H14N2O3S/c1-13-8(12)9(10-2-7-15-9)11-3-5-14-6-4-11/h2,7,10H,3-6H2,1H3. The van der Waals surface area contributed by atoms with Crippen LogP contribution in [0.4, 0.5) is 0 Å². The minimum atomic E-state index is -0.779. The molecule has 2 rings (SSSR count). The summed E-state index contributed by atoms with van der Waals surface area (Å²) in [5.41, 5.74) is 0. The van der Waals surface area contributed by atoms with Gasteiger partial charge in [0.2, 0.25) is 4.99 Å². The highest BCUT2D eigenvalue weighted by molar-refractivity contribution is 8.04. The number of nitrogens with zero attached hydrogens (tertiary/aromatic N) is 1. The fourth-order valence-electron chi connectivity index (χ4n) is 1.73. The van der Waals surface area contributed by atoms with E-state index in [1.807, 2.05) is 10.3 Å². The molecule has 1 unspecified atom stereocenters. The average molecular weight is 230 g/mol. The monoisotopic (exact) mass is 230 g/mol. The van der Waals surface area contributed by atoms with Crippen LogP contribution in [-0.4, -0.2) is 49.3 Å². The molecule has 0 aromatic heterocycles. The average Bonchev–Trinajstić information content (AvgIpc) is 2.79. The molecule has 0 radical (unpaired) electrons. The van der Waals surface area contributed by atoms with E-state index in [4.69, 9.17) is 9.47 Å². The Morgan fingerprint density at radius 1 is 1.60 bits per heavy atom. The Balaban J connectivity index is 2.14. The fourth-order valence-corrected chi connectivity index (χ4v) is 2.71. The van der Waals surface area contributed by atoms with E-state index in [1.165, 1.54) is 18.9 Å². The number of ether oxygens (including phenoxy) is 2. The Hall–Kier alpha value is -0.720. The highest BCUT2D eigenvalue weighted by Crippen LogP contribution is 2.33. The van der Waals surface area contributed by atoms with Crippen LogP contribution in [0.2, 0.25) is 0 Å². The minimum absolute atomic E-state index is 0.264. The zero-order valence-corrected chi connectivity index (χ0v) is 9.38. The Morgan fingerprint density at radius 2 is 2.33 bits per heavy atom. The third-order valence-corrected chi connectivity index (χ3v) is 3.66. The van der Waals surface area contributed by atoms with Crippen molar-refractivity contribution < 1.29 is 14.3 Å². The van der Waals surface area contributed by atoms with Crippen LogP contribution in [0.15, 0.2) is 11.6 Å². The summed E-state index contributed by atoms with van der Waals surface area (Å²) in [4.78, 5) is 13.1. The number of hydrogen-bond acceptors (Lipinski definition) is 6. The van der Waals surface area contributed by atoms with Crippen LogP contribution in [0.1, 0.15) is 0 Å². The first-order chi connectivity index (χ1) is 7.29. The first-order valence-electron chi connectivity index (χ1n) is 4.81. The number of nitrogens with one attached hydrogen (secondary N) is 1. The van der Waals surface area contributed by atoms with Crippen molar-refractivity contribution in [2.45, 2.75) is 4.99 Å². The van der Waals surface area contributed by atoms with Gasteiger partial charge in [-0.15, -0.1) is 0 Å². The molecule has 1 fully saturated rings. The highest BCUT2D eigenvalue weighted by Gasteiger charge is 2.47. The summed E-state index contributed by atoms with van der Waals surface area (Å²) in [6.07, 6.45) is 1.77.